The normalized spacial score (nSPS) is 11.4. The second kappa shape index (κ2) is 29.5. The maximum absolute atomic E-state index is 2.30. The highest BCUT2D eigenvalue weighted by Crippen LogP contribution is 2.44. The van der Waals surface area contributed by atoms with Crippen LogP contribution in [0.2, 0.25) is 0 Å². The number of rotatable bonds is 2. The van der Waals surface area contributed by atoms with Crippen LogP contribution < -0.4 is 0 Å². The van der Waals surface area contributed by atoms with Crippen molar-refractivity contribution in [1.82, 2.24) is 0 Å². The minimum Gasteiger partial charge on any atom is -0.0622 e. The smallest absolute Gasteiger partial charge is 0.00733 e. The number of hydrogen-bond acceptors (Lipinski definition) is 0. The summed E-state index contributed by atoms with van der Waals surface area (Å²) >= 11 is 0. The van der Waals surface area contributed by atoms with Crippen LogP contribution in [0.3, 0.4) is 0 Å². The third kappa shape index (κ3) is 15.1. The Bertz CT molecular complexity index is 4620. The molecule has 0 saturated carbocycles. The standard InChI is InChI=1S/3C14H12.2C13H12.2C11H10/c1-10-11-6-2-4-8-13(11)14-9-5-3-7-12(10)14;1-10-6-7-14-12(8-10)9-11-4-2-3-5-13(11)14;1-10-6-7-12-9-11-4-2-3-5-13(11)14(12)8-10;1-11-7-5-6-10-13(11)12-8-3-2-4-9-12;1-11-6-5-9-13(10-11)12-7-3-2-4-8-12;1-9-5-4-7-10-6-2-3-8-11(9)10;1-9-6-7-10-4-2-3-5-11(10)8-9/h2-10H,1H3;2*2-8H,9H2,1H3;2*2-10H,1H3;2*2-8H,1H3. The van der Waals surface area contributed by atoms with E-state index in [-0.39, 0.29) is 0 Å². The Balaban J connectivity index is 0.000000108. The molecule has 0 atom stereocenters. The number of fused-ring (bicyclic) bond motifs is 11. The van der Waals surface area contributed by atoms with E-state index in [1.54, 1.807) is 0 Å². The summed E-state index contributed by atoms with van der Waals surface area (Å²) in [6.07, 6.45) is 2.21. The van der Waals surface area contributed by atoms with Gasteiger partial charge in [-0.15, -0.1) is 0 Å². The van der Waals surface area contributed by atoms with Crippen LogP contribution in [0.5, 0.6) is 0 Å². The molecule has 0 heteroatoms. The maximum atomic E-state index is 2.30. The van der Waals surface area contributed by atoms with E-state index in [1.807, 2.05) is 12.1 Å². The van der Waals surface area contributed by atoms with E-state index in [2.05, 4.69) is 364 Å². The topological polar surface area (TPSA) is 0 Å². The van der Waals surface area contributed by atoms with Gasteiger partial charge in [-0.3, -0.25) is 0 Å². The zero-order valence-corrected chi connectivity index (χ0v) is 53.2. The Morgan fingerprint density at radius 3 is 1.30 bits per heavy atom. The van der Waals surface area contributed by atoms with Crippen LogP contribution in [0.1, 0.15) is 79.6 Å². The van der Waals surface area contributed by atoms with Crippen molar-refractivity contribution in [2.75, 3.05) is 0 Å². The molecule has 0 N–H and O–H groups in total. The van der Waals surface area contributed by atoms with Crippen LogP contribution in [-0.2, 0) is 12.8 Å². The molecular formula is C90H80. The molecule has 0 heterocycles. The zero-order chi connectivity index (χ0) is 62.2. The lowest BCUT2D eigenvalue weighted by Crippen LogP contribution is -1.87. The average molecular weight is 1160 g/mol. The molecule has 0 nitrogen and oxygen atoms in total. The summed E-state index contributed by atoms with van der Waals surface area (Å²) in [5.74, 6) is 0.558. The molecule has 0 radical (unpaired) electrons. The summed E-state index contributed by atoms with van der Waals surface area (Å²) in [6, 6.07) is 116. The minimum absolute atomic E-state index is 0.558. The van der Waals surface area contributed by atoms with Crippen LogP contribution in [-0.4, -0.2) is 0 Å². The second-order valence-electron chi connectivity index (χ2n) is 23.9. The average Bonchev–Trinajstić information content (AvgIpc) is 1.99. The molecular weight excluding hydrogens is 1080 g/mol. The van der Waals surface area contributed by atoms with Crippen molar-refractivity contribution in [2.24, 2.45) is 0 Å². The Labute approximate surface area is 535 Å². The summed E-state index contributed by atoms with van der Waals surface area (Å²) < 4.78 is 0. The van der Waals surface area contributed by atoms with Crippen molar-refractivity contribution >= 4 is 21.5 Å². The van der Waals surface area contributed by atoms with E-state index in [4.69, 9.17) is 0 Å². The SMILES string of the molecule is CC1c2ccccc2-c2ccccc21.Cc1ccc2c(c1)-c1ccccc1C2.Cc1ccc2c(c1)Cc1ccccc1-2.Cc1ccc2ccccc2c1.Cc1cccc(-c2ccccc2)c1.Cc1cccc2ccccc12.Cc1ccccc1-c1ccccc1. The predicted molar refractivity (Wildman–Crippen MR) is 389 cm³/mol. The summed E-state index contributed by atoms with van der Waals surface area (Å²) in [4.78, 5) is 0. The van der Waals surface area contributed by atoms with Gasteiger partial charge in [-0.05, 0) is 176 Å². The van der Waals surface area contributed by atoms with Crippen molar-refractivity contribution in [3.8, 4) is 55.6 Å². The first-order valence-corrected chi connectivity index (χ1v) is 31.7. The van der Waals surface area contributed by atoms with E-state index in [9.17, 15) is 0 Å². The van der Waals surface area contributed by atoms with Gasteiger partial charge in [0.05, 0.1) is 0 Å². The number of hydrogen-bond donors (Lipinski definition) is 0. The third-order valence-corrected chi connectivity index (χ3v) is 17.3. The summed E-state index contributed by atoms with van der Waals surface area (Å²) in [7, 11) is 0. The number of aryl methyl sites for hydroxylation is 6. The van der Waals surface area contributed by atoms with Gasteiger partial charge in [0.2, 0.25) is 0 Å². The van der Waals surface area contributed by atoms with E-state index in [0.29, 0.717) is 5.92 Å². The van der Waals surface area contributed by atoms with E-state index in [1.165, 1.54) is 144 Å². The van der Waals surface area contributed by atoms with Gasteiger partial charge in [-0.1, -0.05) is 357 Å². The Morgan fingerprint density at radius 1 is 0.222 bits per heavy atom. The fraction of sp³-hybridized carbons (Fsp3) is 0.111. The van der Waals surface area contributed by atoms with Gasteiger partial charge >= 0.3 is 0 Å². The quantitative estimate of drug-likeness (QED) is 0.162. The Kier molecular flexibility index (Phi) is 20.1. The highest BCUT2D eigenvalue weighted by Gasteiger charge is 2.24. The molecule has 0 saturated heterocycles. The highest BCUT2D eigenvalue weighted by atomic mass is 14.3. The second-order valence-corrected chi connectivity index (χ2v) is 23.9. The summed E-state index contributed by atoms with van der Waals surface area (Å²) in [5.41, 5.74) is 30.5. The third-order valence-electron chi connectivity index (χ3n) is 17.3. The van der Waals surface area contributed by atoms with Crippen molar-refractivity contribution in [1.29, 1.82) is 0 Å². The molecule has 0 aliphatic heterocycles. The molecule has 0 aromatic heterocycles. The first-order valence-electron chi connectivity index (χ1n) is 31.7. The molecule has 3 aliphatic carbocycles. The molecule has 90 heavy (non-hydrogen) atoms. The molecule has 0 unspecified atom stereocenters. The van der Waals surface area contributed by atoms with Gasteiger partial charge in [-0.25, -0.2) is 0 Å². The molecule has 0 spiro atoms. The molecule has 14 aromatic carbocycles. The first-order chi connectivity index (χ1) is 44.0. The van der Waals surface area contributed by atoms with Crippen LogP contribution in [0.15, 0.2) is 328 Å². The molecule has 3 aliphatic rings. The van der Waals surface area contributed by atoms with Crippen molar-refractivity contribution in [3.05, 3.63) is 394 Å². The van der Waals surface area contributed by atoms with E-state index < -0.39 is 0 Å². The largest absolute Gasteiger partial charge is 0.0622 e. The summed E-state index contributed by atoms with van der Waals surface area (Å²) in [5, 5.41) is 5.33. The number of benzene rings is 14. The Morgan fingerprint density at radius 2 is 0.644 bits per heavy atom. The van der Waals surface area contributed by atoms with E-state index in [0.717, 1.165) is 12.8 Å². The highest BCUT2D eigenvalue weighted by molar-refractivity contribution is 5.86. The lowest BCUT2D eigenvalue weighted by atomic mass is 10.00. The van der Waals surface area contributed by atoms with E-state index >= 15 is 0 Å². The monoisotopic (exact) mass is 1160 g/mol. The fourth-order valence-corrected chi connectivity index (χ4v) is 12.6. The molecule has 0 bridgehead atoms. The summed E-state index contributed by atoms with van der Waals surface area (Å²) in [6.45, 7) is 15.1. The molecule has 0 fully saturated rings. The molecule has 14 aromatic rings. The van der Waals surface area contributed by atoms with Crippen molar-refractivity contribution < 1.29 is 0 Å². The Hall–Kier alpha value is -10.4. The lowest BCUT2D eigenvalue weighted by molar-refractivity contribution is 0.957. The minimum atomic E-state index is 0.558. The zero-order valence-electron chi connectivity index (χ0n) is 53.2. The van der Waals surface area contributed by atoms with Crippen molar-refractivity contribution in [3.63, 3.8) is 0 Å². The lowest BCUT2D eigenvalue weighted by Gasteiger charge is -2.04. The van der Waals surface area contributed by atoms with Crippen LogP contribution in [0.4, 0.5) is 0 Å². The van der Waals surface area contributed by atoms with Crippen molar-refractivity contribution in [2.45, 2.75) is 67.2 Å². The maximum Gasteiger partial charge on any atom is 0.00733 e. The molecule has 440 valence electrons. The molecule has 0 amide bonds. The van der Waals surface area contributed by atoms with Crippen LogP contribution >= 0.6 is 0 Å². The van der Waals surface area contributed by atoms with Gasteiger partial charge in [0.15, 0.2) is 0 Å². The predicted octanol–water partition coefficient (Wildman–Crippen LogP) is 24.6. The van der Waals surface area contributed by atoms with Gasteiger partial charge in [0.1, 0.15) is 0 Å². The van der Waals surface area contributed by atoms with Crippen LogP contribution in [0.25, 0.3) is 77.2 Å². The van der Waals surface area contributed by atoms with Gasteiger partial charge in [0, 0.05) is 5.92 Å². The van der Waals surface area contributed by atoms with Gasteiger partial charge in [0.25, 0.3) is 0 Å². The van der Waals surface area contributed by atoms with Crippen LogP contribution in [0, 0.1) is 41.5 Å². The first kappa shape index (κ1) is 61.3. The fourth-order valence-electron chi connectivity index (χ4n) is 12.6. The van der Waals surface area contributed by atoms with Gasteiger partial charge in [-0.2, -0.15) is 0 Å². The molecule has 17 rings (SSSR count). The van der Waals surface area contributed by atoms with Gasteiger partial charge < -0.3 is 0 Å².